The first-order valence-electron chi connectivity index (χ1n) is 5.90. The molecule has 0 bridgehead atoms. The van der Waals surface area contributed by atoms with Gasteiger partial charge in [0.1, 0.15) is 5.82 Å². The Balaban J connectivity index is 2.89. The molecule has 90 valence electrons. The van der Waals surface area contributed by atoms with Gasteiger partial charge >= 0.3 is 0 Å². The number of aliphatic hydroxyl groups excluding tert-OH is 1. The number of rotatable bonds is 5. The van der Waals surface area contributed by atoms with Crippen molar-refractivity contribution in [2.24, 2.45) is 5.92 Å². The molecule has 0 fully saturated rings. The maximum absolute atomic E-state index is 9.10. The van der Waals surface area contributed by atoms with E-state index in [1.54, 1.807) is 0 Å². The topological polar surface area (TPSA) is 36.4 Å². The average Bonchev–Trinajstić information content (AvgIpc) is 2.25. The highest BCUT2D eigenvalue weighted by Crippen LogP contribution is 2.16. The average molecular weight is 222 g/mol. The third-order valence-corrected chi connectivity index (χ3v) is 2.64. The largest absolute Gasteiger partial charge is 0.392 e. The van der Waals surface area contributed by atoms with Crippen LogP contribution in [0.25, 0.3) is 0 Å². The van der Waals surface area contributed by atoms with Crippen LogP contribution in [0, 0.1) is 12.8 Å². The highest BCUT2D eigenvalue weighted by molar-refractivity contribution is 5.41. The second kappa shape index (κ2) is 5.85. The third kappa shape index (κ3) is 3.20. The summed E-state index contributed by atoms with van der Waals surface area (Å²) >= 11 is 0. The van der Waals surface area contributed by atoms with E-state index in [0.717, 1.165) is 30.2 Å². The van der Waals surface area contributed by atoms with Gasteiger partial charge in [0.2, 0.25) is 0 Å². The smallest absolute Gasteiger partial charge is 0.128 e. The molecular weight excluding hydrogens is 200 g/mol. The first-order chi connectivity index (χ1) is 7.58. The number of hydrogen-bond donors (Lipinski definition) is 1. The standard InChI is InChI=1S/C13H22N2O/c1-5-15(8-10(2)3)13-7-6-12(9-16)11(4)14-13/h6-7,10,16H,5,8-9H2,1-4H3. The lowest BCUT2D eigenvalue weighted by molar-refractivity contribution is 0.280. The Morgan fingerprint density at radius 1 is 1.38 bits per heavy atom. The Morgan fingerprint density at radius 2 is 2.06 bits per heavy atom. The zero-order valence-corrected chi connectivity index (χ0v) is 10.7. The monoisotopic (exact) mass is 222 g/mol. The SMILES string of the molecule is CCN(CC(C)C)c1ccc(CO)c(C)n1. The van der Waals surface area contributed by atoms with E-state index in [0.29, 0.717) is 5.92 Å². The molecule has 0 spiro atoms. The van der Waals surface area contributed by atoms with Crippen LogP contribution in [0.4, 0.5) is 5.82 Å². The summed E-state index contributed by atoms with van der Waals surface area (Å²) in [6.45, 7) is 10.5. The van der Waals surface area contributed by atoms with Gasteiger partial charge in [-0.3, -0.25) is 0 Å². The number of nitrogens with zero attached hydrogens (tertiary/aromatic N) is 2. The van der Waals surface area contributed by atoms with E-state index >= 15 is 0 Å². The molecule has 1 aromatic heterocycles. The van der Waals surface area contributed by atoms with E-state index in [4.69, 9.17) is 5.11 Å². The Labute approximate surface area is 98.1 Å². The fourth-order valence-corrected chi connectivity index (χ4v) is 1.75. The second-order valence-electron chi connectivity index (χ2n) is 4.50. The molecule has 0 saturated carbocycles. The summed E-state index contributed by atoms with van der Waals surface area (Å²) in [5.41, 5.74) is 1.83. The fourth-order valence-electron chi connectivity index (χ4n) is 1.75. The molecule has 3 heteroatoms. The van der Waals surface area contributed by atoms with Crippen molar-refractivity contribution in [2.45, 2.75) is 34.3 Å². The van der Waals surface area contributed by atoms with Crippen LogP contribution in [0.5, 0.6) is 0 Å². The molecule has 1 N–H and O–H groups in total. The van der Waals surface area contributed by atoms with Crippen molar-refractivity contribution in [1.82, 2.24) is 4.98 Å². The van der Waals surface area contributed by atoms with Crippen LogP contribution >= 0.6 is 0 Å². The van der Waals surface area contributed by atoms with E-state index < -0.39 is 0 Å². The van der Waals surface area contributed by atoms with Crippen LogP contribution in [-0.2, 0) is 6.61 Å². The van der Waals surface area contributed by atoms with E-state index in [9.17, 15) is 0 Å². The Kier molecular flexibility index (Phi) is 4.74. The number of pyridine rings is 1. The van der Waals surface area contributed by atoms with Crippen molar-refractivity contribution in [1.29, 1.82) is 0 Å². The molecule has 0 saturated heterocycles. The van der Waals surface area contributed by atoms with Crippen LogP contribution in [0.1, 0.15) is 32.0 Å². The number of hydrogen-bond acceptors (Lipinski definition) is 3. The highest BCUT2D eigenvalue weighted by atomic mass is 16.3. The van der Waals surface area contributed by atoms with Crippen LogP contribution in [0.2, 0.25) is 0 Å². The molecule has 0 unspecified atom stereocenters. The molecular formula is C13H22N2O. The van der Waals surface area contributed by atoms with E-state index in [2.05, 4.69) is 30.7 Å². The van der Waals surface area contributed by atoms with Gasteiger partial charge in [-0.2, -0.15) is 0 Å². The molecule has 3 nitrogen and oxygen atoms in total. The molecule has 1 heterocycles. The summed E-state index contributed by atoms with van der Waals surface area (Å²) < 4.78 is 0. The van der Waals surface area contributed by atoms with Gasteiger partial charge in [0.05, 0.1) is 6.61 Å². The van der Waals surface area contributed by atoms with Crippen molar-refractivity contribution >= 4 is 5.82 Å². The van der Waals surface area contributed by atoms with Crippen molar-refractivity contribution in [3.05, 3.63) is 23.4 Å². The van der Waals surface area contributed by atoms with Crippen molar-refractivity contribution in [2.75, 3.05) is 18.0 Å². The molecule has 0 radical (unpaired) electrons. The summed E-state index contributed by atoms with van der Waals surface area (Å²) in [4.78, 5) is 6.80. The van der Waals surface area contributed by atoms with Crippen LogP contribution in [-0.4, -0.2) is 23.2 Å². The zero-order valence-electron chi connectivity index (χ0n) is 10.7. The maximum Gasteiger partial charge on any atom is 0.128 e. The second-order valence-corrected chi connectivity index (χ2v) is 4.50. The highest BCUT2D eigenvalue weighted by Gasteiger charge is 2.09. The first-order valence-corrected chi connectivity index (χ1v) is 5.90. The van der Waals surface area contributed by atoms with Gasteiger partial charge < -0.3 is 10.0 Å². The van der Waals surface area contributed by atoms with Gasteiger partial charge in [0.25, 0.3) is 0 Å². The van der Waals surface area contributed by atoms with Gasteiger partial charge in [-0.25, -0.2) is 4.98 Å². The lowest BCUT2D eigenvalue weighted by Crippen LogP contribution is -2.28. The Hall–Kier alpha value is -1.09. The van der Waals surface area contributed by atoms with Crippen molar-refractivity contribution < 1.29 is 5.11 Å². The fraction of sp³-hybridized carbons (Fsp3) is 0.615. The van der Waals surface area contributed by atoms with Gasteiger partial charge in [-0.1, -0.05) is 19.9 Å². The Bertz CT molecular complexity index is 337. The molecule has 0 amide bonds. The quantitative estimate of drug-likeness (QED) is 0.831. The molecule has 16 heavy (non-hydrogen) atoms. The van der Waals surface area contributed by atoms with Gasteiger partial charge in [0.15, 0.2) is 0 Å². The molecule has 0 aromatic carbocycles. The number of aromatic nitrogens is 1. The van der Waals surface area contributed by atoms with Gasteiger partial charge in [0, 0.05) is 18.8 Å². The van der Waals surface area contributed by atoms with E-state index in [1.165, 1.54) is 0 Å². The van der Waals surface area contributed by atoms with Crippen molar-refractivity contribution in [3.63, 3.8) is 0 Å². The van der Waals surface area contributed by atoms with Gasteiger partial charge in [-0.15, -0.1) is 0 Å². The lowest BCUT2D eigenvalue weighted by atomic mass is 10.2. The third-order valence-electron chi connectivity index (χ3n) is 2.64. The van der Waals surface area contributed by atoms with Crippen LogP contribution in [0.15, 0.2) is 12.1 Å². The van der Waals surface area contributed by atoms with Crippen molar-refractivity contribution in [3.8, 4) is 0 Å². The van der Waals surface area contributed by atoms with E-state index in [1.807, 2.05) is 19.1 Å². The summed E-state index contributed by atoms with van der Waals surface area (Å²) in [5, 5.41) is 9.10. The molecule has 0 aliphatic carbocycles. The molecule has 1 rings (SSSR count). The Morgan fingerprint density at radius 3 is 2.50 bits per heavy atom. The minimum Gasteiger partial charge on any atom is -0.392 e. The normalized spacial score (nSPS) is 10.9. The summed E-state index contributed by atoms with van der Waals surface area (Å²) in [5.74, 6) is 1.63. The van der Waals surface area contributed by atoms with E-state index in [-0.39, 0.29) is 6.61 Å². The predicted octanol–water partition coefficient (Wildman–Crippen LogP) is 2.36. The number of anilines is 1. The molecule has 0 atom stereocenters. The molecule has 0 aliphatic rings. The summed E-state index contributed by atoms with van der Waals surface area (Å²) in [7, 11) is 0. The maximum atomic E-state index is 9.10. The molecule has 0 aliphatic heterocycles. The first kappa shape index (κ1) is 13.0. The predicted molar refractivity (Wildman–Crippen MR) is 67.6 cm³/mol. The number of aryl methyl sites for hydroxylation is 1. The van der Waals surface area contributed by atoms with Crippen LogP contribution < -0.4 is 4.90 Å². The van der Waals surface area contributed by atoms with Crippen LogP contribution in [0.3, 0.4) is 0 Å². The van der Waals surface area contributed by atoms with Gasteiger partial charge in [-0.05, 0) is 31.4 Å². The lowest BCUT2D eigenvalue weighted by Gasteiger charge is -2.24. The minimum absolute atomic E-state index is 0.0649. The molecule has 1 aromatic rings. The minimum atomic E-state index is 0.0649. The summed E-state index contributed by atoms with van der Waals surface area (Å²) in [6.07, 6.45) is 0. The number of aliphatic hydroxyl groups is 1. The zero-order chi connectivity index (χ0) is 12.1. The summed E-state index contributed by atoms with van der Waals surface area (Å²) in [6, 6.07) is 3.95.